The van der Waals surface area contributed by atoms with Crippen LogP contribution in [0, 0.1) is 0 Å². The molecule has 0 saturated carbocycles. The number of thiophene rings is 1. The van der Waals surface area contributed by atoms with E-state index in [0.29, 0.717) is 6.04 Å². The van der Waals surface area contributed by atoms with E-state index in [1.165, 1.54) is 49.8 Å². The SMILES string of the molecule is CCCCCCCCCNC(C)c1cccs1. The summed E-state index contributed by atoms with van der Waals surface area (Å²) in [5.41, 5.74) is 0. The quantitative estimate of drug-likeness (QED) is 0.569. The lowest BCUT2D eigenvalue weighted by atomic mass is 10.1. The molecule has 0 saturated heterocycles. The largest absolute Gasteiger partial charge is 0.309 e. The summed E-state index contributed by atoms with van der Waals surface area (Å²) < 4.78 is 0. The van der Waals surface area contributed by atoms with Crippen LogP contribution >= 0.6 is 11.3 Å². The average Bonchev–Trinajstić information content (AvgIpc) is 2.86. The van der Waals surface area contributed by atoms with E-state index >= 15 is 0 Å². The van der Waals surface area contributed by atoms with Gasteiger partial charge in [0.05, 0.1) is 0 Å². The van der Waals surface area contributed by atoms with Crippen molar-refractivity contribution in [3.8, 4) is 0 Å². The predicted octanol–water partition coefficient (Wildman–Crippen LogP) is 5.15. The molecule has 1 nitrogen and oxygen atoms in total. The zero-order valence-corrected chi connectivity index (χ0v) is 12.2. The van der Waals surface area contributed by atoms with Gasteiger partial charge >= 0.3 is 0 Å². The number of rotatable bonds is 10. The van der Waals surface area contributed by atoms with Gasteiger partial charge in [-0.05, 0) is 31.3 Å². The van der Waals surface area contributed by atoms with Gasteiger partial charge in [0, 0.05) is 10.9 Å². The van der Waals surface area contributed by atoms with Crippen molar-refractivity contribution in [2.45, 2.75) is 64.8 Å². The summed E-state index contributed by atoms with van der Waals surface area (Å²) in [6.45, 7) is 5.69. The number of nitrogens with one attached hydrogen (secondary N) is 1. The molecule has 0 amide bonds. The Morgan fingerprint density at radius 2 is 1.82 bits per heavy atom. The molecule has 98 valence electrons. The molecule has 1 rings (SSSR count). The second-order valence-corrected chi connectivity index (χ2v) is 5.79. The standard InChI is InChI=1S/C15H27NS/c1-3-4-5-6-7-8-9-12-16-14(2)15-11-10-13-17-15/h10-11,13-14,16H,3-9,12H2,1-2H3. The van der Waals surface area contributed by atoms with Gasteiger partial charge in [-0.15, -0.1) is 11.3 Å². The molecule has 0 aliphatic heterocycles. The summed E-state index contributed by atoms with van der Waals surface area (Å²) in [6, 6.07) is 4.87. The normalized spacial score (nSPS) is 12.8. The topological polar surface area (TPSA) is 12.0 Å². The second kappa shape index (κ2) is 9.67. The van der Waals surface area contributed by atoms with Gasteiger partial charge in [-0.2, -0.15) is 0 Å². The van der Waals surface area contributed by atoms with Crippen LogP contribution in [0.1, 0.15) is 69.7 Å². The van der Waals surface area contributed by atoms with Gasteiger partial charge in [-0.3, -0.25) is 0 Å². The third kappa shape index (κ3) is 6.85. The minimum absolute atomic E-state index is 0.523. The molecular formula is C15H27NS. The zero-order chi connectivity index (χ0) is 12.3. The maximum atomic E-state index is 3.60. The van der Waals surface area contributed by atoms with Crippen molar-refractivity contribution in [1.29, 1.82) is 0 Å². The molecule has 17 heavy (non-hydrogen) atoms. The molecule has 0 aliphatic carbocycles. The van der Waals surface area contributed by atoms with Crippen LogP contribution in [0.3, 0.4) is 0 Å². The maximum Gasteiger partial charge on any atom is 0.0386 e. The molecule has 1 N–H and O–H groups in total. The summed E-state index contributed by atoms with van der Waals surface area (Å²) >= 11 is 1.85. The summed E-state index contributed by atoms with van der Waals surface area (Å²) in [4.78, 5) is 1.45. The Labute approximate surface area is 111 Å². The molecule has 1 aromatic rings. The first kappa shape index (κ1) is 14.7. The fourth-order valence-electron chi connectivity index (χ4n) is 2.04. The first-order chi connectivity index (χ1) is 8.34. The highest BCUT2D eigenvalue weighted by atomic mass is 32.1. The van der Waals surface area contributed by atoms with E-state index in [-0.39, 0.29) is 0 Å². The van der Waals surface area contributed by atoms with Crippen LogP contribution in [-0.4, -0.2) is 6.54 Å². The fourth-order valence-corrected chi connectivity index (χ4v) is 2.80. The van der Waals surface area contributed by atoms with Crippen LogP contribution < -0.4 is 5.32 Å². The molecule has 0 bridgehead atoms. The van der Waals surface area contributed by atoms with Gasteiger partial charge in [0.2, 0.25) is 0 Å². The first-order valence-electron chi connectivity index (χ1n) is 7.11. The van der Waals surface area contributed by atoms with E-state index in [0.717, 1.165) is 6.54 Å². The van der Waals surface area contributed by atoms with E-state index in [9.17, 15) is 0 Å². The van der Waals surface area contributed by atoms with Crippen LogP contribution in [0.5, 0.6) is 0 Å². The molecule has 1 aromatic heterocycles. The number of hydrogen-bond donors (Lipinski definition) is 1. The Hall–Kier alpha value is -0.340. The van der Waals surface area contributed by atoms with Crippen LogP contribution in [-0.2, 0) is 0 Å². The molecular weight excluding hydrogens is 226 g/mol. The molecule has 1 heterocycles. The Bertz CT molecular complexity index is 256. The Balaban J connectivity index is 1.90. The molecule has 0 radical (unpaired) electrons. The molecule has 2 heteroatoms. The summed E-state index contributed by atoms with van der Waals surface area (Å²) in [5.74, 6) is 0. The van der Waals surface area contributed by atoms with E-state index in [4.69, 9.17) is 0 Å². The van der Waals surface area contributed by atoms with Crippen LogP contribution in [0.4, 0.5) is 0 Å². The van der Waals surface area contributed by atoms with Crippen molar-refractivity contribution in [3.63, 3.8) is 0 Å². The second-order valence-electron chi connectivity index (χ2n) is 4.81. The van der Waals surface area contributed by atoms with E-state index in [1.54, 1.807) is 0 Å². The first-order valence-corrected chi connectivity index (χ1v) is 7.99. The van der Waals surface area contributed by atoms with Crippen molar-refractivity contribution in [2.24, 2.45) is 0 Å². The van der Waals surface area contributed by atoms with Gasteiger partial charge < -0.3 is 5.32 Å². The minimum atomic E-state index is 0.523. The number of unbranched alkanes of at least 4 members (excludes halogenated alkanes) is 6. The minimum Gasteiger partial charge on any atom is -0.309 e. The van der Waals surface area contributed by atoms with Crippen molar-refractivity contribution in [1.82, 2.24) is 5.32 Å². The van der Waals surface area contributed by atoms with Gasteiger partial charge in [-0.25, -0.2) is 0 Å². The molecule has 1 atom stereocenters. The molecule has 0 aromatic carbocycles. The van der Waals surface area contributed by atoms with E-state index in [1.807, 2.05) is 11.3 Å². The Morgan fingerprint density at radius 3 is 2.47 bits per heavy atom. The van der Waals surface area contributed by atoms with Gasteiger partial charge in [0.25, 0.3) is 0 Å². The summed E-state index contributed by atoms with van der Waals surface area (Å²) in [7, 11) is 0. The third-order valence-corrected chi connectivity index (χ3v) is 4.26. The van der Waals surface area contributed by atoms with E-state index < -0.39 is 0 Å². The van der Waals surface area contributed by atoms with Gasteiger partial charge in [0.15, 0.2) is 0 Å². The highest BCUT2D eigenvalue weighted by Gasteiger charge is 2.03. The molecule has 0 aliphatic rings. The monoisotopic (exact) mass is 253 g/mol. The van der Waals surface area contributed by atoms with E-state index in [2.05, 4.69) is 36.7 Å². The van der Waals surface area contributed by atoms with Gasteiger partial charge in [-0.1, -0.05) is 51.5 Å². The molecule has 0 fully saturated rings. The lowest BCUT2D eigenvalue weighted by Crippen LogP contribution is -2.18. The Kier molecular flexibility index (Phi) is 8.37. The fraction of sp³-hybridized carbons (Fsp3) is 0.733. The smallest absolute Gasteiger partial charge is 0.0386 e. The molecule has 0 spiro atoms. The lowest BCUT2D eigenvalue weighted by molar-refractivity contribution is 0.528. The summed E-state index contributed by atoms with van der Waals surface area (Å²) in [5, 5.41) is 5.75. The van der Waals surface area contributed by atoms with Crippen LogP contribution in [0.2, 0.25) is 0 Å². The van der Waals surface area contributed by atoms with Gasteiger partial charge in [0.1, 0.15) is 0 Å². The third-order valence-electron chi connectivity index (χ3n) is 3.20. The van der Waals surface area contributed by atoms with Crippen LogP contribution in [0.15, 0.2) is 17.5 Å². The highest BCUT2D eigenvalue weighted by Crippen LogP contribution is 2.18. The predicted molar refractivity (Wildman–Crippen MR) is 78.7 cm³/mol. The summed E-state index contributed by atoms with van der Waals surface area (Å²) in [6.07, 6.45) is 9.72. The van der Waals surface area contributed by atoms with Crippen molar-refractivity contribution in [2.75, 3.05) is 6.54 Å². The lowest BCUT2D eigenvalue weighted by Gasteiger charge is -2.11. The van der Waals surface area contributed by atoms with Crippen molar-refractivity contribution < 1.29 is 0 Å². The Morgan fingerprint density at radius 1 is 1.12 bits per heavy atom. The van der Waals surface area contributed by atoms with Crippen molar-refractivity contribution >= 4 is 11.3 Å². The van der Waals surface area contributed by atoms with Crippen LogP contribution in [0.25, 0.3) is 0 Å². The maximum absolute atomic E-state index is 3.60. The average molecular weight is 253 g/mol. The highest BCUT2D eigenvalue weighted by molar-refractivity contribution is 7.10. The zero-order valence-electron chi connectivity index (χ0n) is 11.4. The molecule has 1 unspecified atom stereocenters. The number of hydrogen-bond acceptors (Lipinski definition) is 2. The van der Waals surface area contributed by atoms with Crippen molar-refractivity contribution in [3.05, 3.63) is 22.4 Å².